The Morgan fingerprint density at radius 1 is 1.24 bits per heavy atom. The molecule has 2 aromatic carbocycles. The molecule has 0 aliphatic carbocycles. The number of benzene rings is 2. The van der Waals surface area contributed by atoms with Crippen LogP contribution in [0.4, 0.5) is 10.1 Å². The van der Waals surface area contributed by atoms with Gasteiger partial charge in [0.15, 0.2) is 5.96 Å². The fourth-order valence-corrected chi connectivity index (χ4v) is 3.11. The molecule has 1 atom stereocenters. The minimum atomic E-state index is -0.283. The molecule has 0 aromatic heterocycles. The second-order valence-corrected chi connectivity index (χ2v) is 6.02. The Morgan fingerprint density at radius 3 is 2.67 bits per heavy atom. The fourth-order valence-electron chi connectivity index (χ4n) is 2.42. The molecule has 0 saturated heterocycles. The maximum absolute atomic E-state index is 13.1. The van der Waals surface area contributed by atoms with Gasteiger partial charge in [0.25, 0.3) is 0 Å². The number of hydrogen-bond donors (Lipinski definition) is 1. The largest absolute Gasteiger partial charge is 0.369 e. The summed E-state index contributed by atoms with van der Waals surface area (Å²) in [6, 6.07) is 11.7. The van der Waals surface area contributed by atoms with Crippen LogP contribution in [-0.2, 0) is 0 Å². The second kappa shape index (κ2) is 5.66. The highest BCUT2D eigenvalue weighted by Crippen LogP contribution is 2.36. The Labute approximate surface area is 135 Å². The zero-order chi connectivity index (χ0) is 15.0. The lowest BCUT2D eigenvalue weighted by Crippen LogP contribution is -2.36. The predicted molar refractivity (Wildman–Crippen MR) is 87.3 cm³/mol. The summed E-state index contributed by atoms with van der Waals surface area (Å²) in [5.41, 5.74) is 7.79. The molecule has 3 nitrogen and oxygen atoms in total. The Kier molecular flexibility index (Phi) is 3.87. The molecular weight excluding hydrogens is 357 g/mol. The average molecular weight is 369 g/mol. The standard InChI is InChI=1S/C15H12BrClFN3/c16-13-6-1-9(17)7-12(13)14-8-20-15(19)21(14)11-4-2-10(18)3-5-11/h1-7,14H,8H2,(H2,19,20). The van der Waals surface area contributed by atoms with E-state index in [1.807, 2.05) is 23.1 Å². The molecule has 3 rings (SSSR count). The van der Waals surface area contributed by atoms with Gasteiger partial charge < -0.3 is 10.6 Å². The van der Waals surface area contributed by atoms with E-state index in [0.29, 0.717) is 17.5 Å². The van der Waals surface area contributed by atoms with Crippen LogP contribution < -0.4 is 10.6 Å². The number of guanidine groups is 1. The molecule has 108 valence electrons. The number of halogens is 3. The minimum absolute atomic E-state index is 0.0662. The first-order chi connectivity index (χ1) is 10.1. The summed E-state index contributed by atoms with van der Waals surface area (Å²) in [5.74, 6) is 0.132. The molecule has 0 fully saturated rings. The molecule has 2 aromatic rings. The molecule has 1 aliphatic heterocycles. The van der Waals surface area contributed by atoms with E-state index in [1.165, 1.54) is 12.1 Å². The van der Waals surface area contributed by atoms with Crippen molar-refractivity contribution >= 4 is 39.2 Å². The zero-order valence-corrected chi connectivity index (χ0v) is 13.3. The van der Waals surface area contributed by atoms with Crippen molar-refractivity contribution in [3.63, 3.8) is 0 Å². The van der Waals surface area contributed by atoms with Crippen molar-refractivity contribution in [3.8, 4) is 0 Å². The normalized spacial score (nSPS) is 18.0. The highest BCUT2D eigenvalue weighted by molar-refractivity contribution is 9.10. The highest BCUT2D eigenvalue weighted by Gasteiger charge is 2.30. The first-order valence-electron chi connectivity index (χ1n) is 6.36. The third-order valence-corrected chi connectivity index (χ3v) is 4.36. The molecule has 0 amide bonds. The van der Waals surface area contributed by atoms with Crippen LogP contribution in [0.2, 0.25) is 5.02 Å². The van der Waals surface area contributed by atoms with Crippen molar-refractivity contribution in [3.05, 3.63) is 63.3 Å². The molecule has 0 saturated carbocycles. The lowest BCUT2D eigenvalue weighted by molar-refractivity contribution is 0.627. The van der Waals surface area contributed by atoms with Crippen molar-refractivity contribution in [1.82, 2.24) is 0 Å². The number of hydrogen-bond acceptors (Lipinski definition) is 3. The Balaban J connectivity index is 2.02. The van der Waals surface area contributed by atoms with Gasteiger partial charge in [-0.15, -0.1) is 0 Å². The minimum Gasteiger partial charge on any atom is -0.369 e. The molecule has 2 N–H and O–H groups in total. The molecule has 1 unspecified atom stereocenters. The maximum atomic E-state index is 13.1. The van der Waals surface area contributed by atoms with Crippen LogP contribution in [0.1, 0.15) is 11.6 Å². The molecule has 21 heavy (non-hydrogen) atoms. The van der Waals surface area contributed by atoms with Crippen LogP contribution in [0.15, 0.2) is 51.9 Å². The van der Waals surface area contributed by atoms with Gasteiger partial charge in [-0.2, -0.15) is 0 Å². The van der Waals surface area contributed by atoms with Gasteiger partial charge >= 0.3 is 0 Å². The first kappa shape index (κ1) is 14.4. The van der Waals surface area contributed by atoms with Crippen molar-refractivity contribution < 1.29 is 4.39 Å². The van der Waals surface area contributed by atoms with E-state index in [-0.39, 0.29) is 11.9 Å². The van der Waals surface area contributed by atoms with E-state index in [2.05, 4.69) is 20.9 Å². The summed E-state index contributed by atoms with van der Waals surface area (Å²) in [6.45, 7) is 0.530. The Bertz CT molecular complexity index is 703. The van der Waals surface area contributed by atoms with Crippen molar-refractivity contribution in [2.45, 2.75) is 6.04 Å². The van der Waals surface area contributed by atoms with Gasteiger partial charge in [0.05, 0.1) is 12.6 Å². The van der Waals surface area contributed by atoms with Gasteiger partial charge in [0.2, 0.25) is 0 Å². The molecule has 0 radical (unpaired) electrons. The number of rotatable bonds is 2. The number of aliphatic imine (C=N–C) groups is 1. The summed E-state index contributed by atoms with van der Waals surface area (Å²) in [7, 11) is 0. The number of nitrogens with two attached hydrogens (primary N) is 1. The highest BCUT2D eigenvalue weighted by atomic mass is 79.9. The average Bonchev–Trinajstić information content (AvgIpc) is 2.84. The van der Waals surface area contributed by atoms with E-state index >= 15 is 0 Å². The van der Waals surface area contributed by atoms with E-state index in [4.69, 9.17) is 17.3 Å². The lowest BCUT2D eigenvalue weighted by atomic mass is 10.1. The van der Waals surface area contributed by atoms with Gasteiger partial charge in [-0.05, 0) is 48.0 Å². The van der Waals surface area contributed by atoms with Crippen LogP contribution >= 0.6 is 27.5 Å². The summed E-state index contributed by atoms with van der Waals surface area (Å²) >= 11 is 9.62. The van der Waals surface area contributed by atoms with Gasteiger partial charge in [0, 0.05) is 15.2 Å². The Hall–Kier alpha value is -1.59. The molecule has 1 aliphatic rings. The third kappa shape index (κ3) is 2.76. The van der Waals surface area contributed by atoms with Crippen LogP contribution in [0, 0.1) is 5.82 Å². The topological polar surface area (TPSA) is 41.6 Å². The third-order valence-electron chi connectivity index (χ3n) is 3.41. The van der Waals surface area contributed by atoms with E-state index in [9.17, 15) is 4.39 Å². The summed E-state index contributed by atoms with van der Waals surface area (Å²) < 4.78 is 14.0. The van der Waals surface area contributed by atoms with Crippen LogP contribution in [-0.4, -0.2) is 12.5 Å². The van der Waals surface area contributed by atoms with E-state index < -0.39 is 0 Å². The maximum Gasteiger partial charge on any atom is 0.196 e. The quantitative estimate of drug-likeness (QED) is 0.866. The zero-order valence-electron chi connectivity index (χ0n) is 10.9. The van der Waals surface area contributed by atoms with E-state index in [0.717, 1.165) is 15.7 Å². The van der Waals surface area contributed by atoms with Gasteiger partial charge in [-0.1, -0.05) is 27.5 Å². The Morgan fingerprint density at radius 2 is 1.95 bits per heavy atom. The first-order valence-corrected chi connectivity index (χ1v) is 7.53. The van der Waals surface area contributed by atoms with Crippen LogP contribution in [0.3, 0.4) is 0 Å². The second-order valence-electron chi connectivity index (χ2n) is 4.73. The van der Waals surface area contributed by atoms with Gasteiger partial charge in [-0.3, -0.25) is 4.99 Å². The molecule has 6 heteroatoms. The van der Waals surface area contributed by atoms with Crippen molar-refractivity contribution in [1.29, 1.82) is 0 Å². The summed E-state index contributed by atoms with van der Waals surface area (Å²) in [4.78, 5) is 6.19. The molecule has 0 spiro atoms. The lowest BCUT2D eigenvalue weighted by Gasteiger charge is -2.27. The molecule has 0 bridgehead atoms. The fraction of sp³-hybridized carbons (Fsp3) is 0.133. The molecule has 1 heterocycles. The van der Waals surface area contributed by atoms with Crippen molar-refractivity contribution in [2.24, 2.45) is 10.7 Å². The van der Waals surface area contributed by atoms with E-state index in [1.54, 1.807) is 12.1 Å². The van der Waals surface area contributed by atoms with Crippen molar-refractivity contribution in [2.75, 3.05) is 11.4 Å². The molecular formula is C15H12BrClFN3. The number of nitrogens with zero attached hydrogens (tertiary/aromatic N) is 2. The predicted octanol–water partition coefficient (Wildman–Crippen LogP) is 4.12. The summed E-state index contributed by atoms with van der Waals surface area (Å²) in [6.07, 6.45) is 0. The smallest absolute Gasteiger partial charge is 0.196 e. The summed E-state index contributed by atoms with van der Waals surface area (Å²) in [5, 5.41) is 0.651. The SMILES string of the molecule is NC1=NCC(c2cc(Cl)ccc2Br)N1c1ccc(F)cc1. The van der Waals surface area contributed by atoms with Crippen LogP contribution in [0.25, 0.3) is 0 Å². The van der Waals surface area contributed by atoms with Gasteiger partial charge in [0.1, 0.15) is 5.82 Å². The monoisotopic (exact) mass is 367 g/mol. The van der Waals surface area contributed by atoms with Crippen LogP contribution in [0.5, 0.6) is 0 Å². The van der Waals surface area contributed by atoms with Gasteiger partial charge in [-0.25, -0.2) is 4.39 Å². The number of anilines is 1.